The molecule has 2 aliphatic rings. The summed E-state index contributed by atoms with van der Waals surface area (Å²) < 4.78 is 64.2. The number of amides is 1. The Morgan fingerprint density at radius 1 is 1.08 bits per heavy atom. The van der Waals surface area contributed by atoms with Gasteiger partial charge in [0.1, 0.15) is 0 Å². The lowest BCUT2D eigenvalue weighted by Gasteiger charge is -2.33. The molecular formula is C16H20F3N3O3S. The van der Waals surface area contributed by atoms with Crippen LogP contribution in [0.1, 0.15) is 18.4 Å². The molecule has 1 saturated heterocycles. The molecule has 10 heteroatoms. The molecule has 1 aliphatic carbocycles. The first kappa shape index (κ1) is 19.1. The first-order valence-corrected chi connectivity index (χ1v) is 9.79. The Labute approximate surface area is 150 Å². The molecule has 0 unspecified atom stereocenters. The molecule has 26 heavy (non-hydrogen) atoms. The molecule has 1 amide bonds. The summed E-state index contributed by atoms with van der Waals surface area (Å²) in [5, 5.41) is 2.88. The summed E-state index contributed by atoms with van der Waals surface area (Å²) in [4.78, 5) is 13.5. The van der Waals surface area contributed by atoms with E-state index in [-0.39, 0.29) is 36.5 Å². The topological polar surface area (TPSA) is 69.7 Å². The van der Waals surface area contributed by atoms with Crippen molar-refractivity contribution in [1.29, 1.82) is 0 Å². The number of piperazine rings is 1. The fraction of sp³-hybridized carbons (Fsp3) is 0.562. The third-order valence-electron chi connectivity index (χ3n) is 4.46. The van der Waals surface area contributed by atoms with Crippen molar-refractivity contribution in [2.75, 3.05) is 32.7 Å². The van der Waals surface area contributed by atoms with Gasteiger partial charge in [-0.25, -0.2) is 8.42 Å². The molecule has 1 aromatic carbocycles. The fourth-order valence-electron chi connectivity index (χ4n) is 2.80. The zero-order chi connectivity index (χ0) is 18.9. The second-order valence-electron chi connectivity index (χ2n) is 6.54. The number of hydrogen-bond acceptors (Lipinski definition) is 4. The van der Waals surface area contributed by atoms with Gasteiger partial charge in [-0.2, -0.15) is 17.5 Å². The average Bonchev–Trinajstić information content (AvgIpc) is 3.38. The van der Waals surface area contributed by atoms with Crippen LogP contribution in [0.15, 0.2) is 29.2 Å². The van der Waals surface area contributed by atoms with Crippen LogP contribution in [0, 0.1) is 0 Å². The van der Waals surface area contributed by atoms with Crippen LogP contribution in [0.2, 0.25) is 0 Å². The average molecular weight is 391 g/mol. The quantitative estimate of drug-likeness (QED) is 0.821. The largest absolute Gasteiger partial charge is 0.416 e. The molecule has 0 aromatic heterocycles. The van der Waals surface area contributed by atoms with Crippen molar-refractivity contribution >= 4 is 15.9 Å². The second-order valence-corrected chi connectivity index (χ2v) is 8.48. The van der Waals surface area contributed by atoms with E-state index in [1.165, 1.54) is 4.31 Å². The van der Waals surface area contributed by atoms with Gasteiger partial charge in [-0.3, -0.25) is 9.69 Å². The molecule has 1 aliphatic heterocycles. The normalized spacial score (nSPS) is 20.1. The minimum absolute atomic E-state index is 0.0634. The monoisotopic (exact) mass is 391 g/mol. The molecule has 3 rings (SSSR count). The predicted molar refractivity (Wildman–Crippen MR) is 87.8 cm³/mol. The summed E-state index contributed by atoms with van der Waals surface area (Å²) in [6.45, 7) is 1.42. The smallest absolute Gasteiger partial charge is 0.352 e. The SMILES string of the molecule is O=C(CN1CCN(S(=O)(=O)c2ccc(C(F)(F)F)cc2)CC1)NC1CC1. The third-order valence-corrected chi connectivity index (χ3v) is 6.37. The molecule has 2 fully saturated rings. The maximum absolute atomic E-state index is 12.6. The van der Waals surface area contributed by atoms with E-state index in [1.54, 1.807) is 0 Å². The number of benzene rings is 1. The Morgan fingerprint density at radius 2 is 1.65 bits per heavy atom. The van der Waals surface area contributed by atoms with Crippen LogP contribution in [0.4, 0.5) is 13.2 Å². The molecule has 6 nitrogen and oxygen atoms in total. The summed E-state index contributed by atoms with van der Waals surface area (Å²) in [6.07, 6.45) is -2.50. The number of nitrogens with zero attached hydrogens (tertiary/aromatic N) is 2. The van der Waals surface area contributed by atoms with E-state index in [4.69, 9.17) is 0 Å². The van der Waals surface area contributed by atoms with Gasteiger partial charge in [0.15, 0.2) is 0 Å². The van der Waals surface area contributed by atoms with E-state index in [0.717, 1.165) is 37.1 Å². The maximum atomic E-state index is 12.6. The summed E-state index contributed by atoms with van der Waals surface area (Å²) in [7, 11) is -3.85. The van der Waals surface area contributed by atoms with Crippen molar-refractivity contribution in [3.05, 3.63) is 29.8 Å². The maximum Gasteiger partial charge on any atom is 0.416 e. The van der Waals surface area contributed by atoms with Crippen molar-refractivity contribution in [1.82, 2.24) is 14.5 Å². The van der Waals surface area contributed by atoms with E-state index in [1.807, 2.05) is 4.90 Å². The van der Waals surface area contributed by atoms with E-state index in [9.17, 15) is 26.4 Å². The Morgan fingerprint density at radius 3 is 2.15 bits per heavy atom. The zero-order valence-corrected chi connectivity index (χ0v) is 14.8. The Hall–Kier alpha value is -1.65. The Bertz CT molecular complexity index is 753. The van der Waals surface area contributed by atoms with Crippen LogP contribution in [-0.2, 0) is 21.0 Å². The van der Waals surface area contributed by atoms with Gasteiger partial charge < -0.3 is 5.32 Å². The minimum Gasteiger partial charge on any atom is -0.352 e. The molecule has 1 saturated carbocycles. The van der Waals surface area contributed by atoms with Gasteiger partial charge in [-0.05, 0) is 37.1 Å². The number of carbonyl (C=O) groups is 1. The fourth-order valence-corrected chi connectivity index (χ4v) is 4.22. The first-order valence-electron chi connectivity index (χ1n) is 8.35. The summed E-state index contributed by atoms with van der Waals surface area (Å²) in [6, 6.07) is 3.78. The molecule has 0 radical (unpaired) electrons. The molecule has 1 N–H and O–H groups in total. The van der Waals surface area contributed by atoms with Crippen LogP contribution in [0.25, 0.3) is 0 Å². The van der Waals surface area contributed by atoms with Gasteiger partial charge in [0.05, 0.1) is 17.0 Å². The van der Waals surface area contributed by atoms with Crippen LogP contribution in [0.3, 0.4) is 0 Å². The van der Waals surface area contributed by atoms with Crippen molar-refractivity contribution in [3.63, 3.8) is 0 Å². The summed E-state index contributed by atoms with van der Waals surface area (Å²) in [5.41, 5.74) is -0.886. The van der Waals surface area contributed by atoms with Gasteiger partial charge in [0.2, 0.25) is 15.9 Å². The minimum atomic E-state index is -4.51. The van der Waals surface area contributed by atoms with Crippen molar-refractivity contribution < 1.29 is 26.4 Å². The van der Waals surface area contributed by atoms with E-state index in [0.29, 0.717) is 13.1 Å². The van der Waals surface area contributed by atoms with Crippen LogP contribution < -0.4 is 5.32 Å². The number of carbonyl (C=O) groups excluding carboxylic acids is 1. The lowest BCUT2D eigenvalue weighted by atomic mass is 10.2. The molecule has 1 heterocycles. The second kappa shape index (κ2) is 7.16. The molecule has 0 spiro atoms. The molecular weight excluding hydrogens is 371 g/mol. The Balaban J connectivity index is 1.58. The first-order chi connectivity index (χ1) is 12.2. The summed E-state index contributed by atoms with van der Waals surface area (Å²) in [5.74, 6) is -0.0634. The molecule has 0 bridgehead atoms. The highest BCUT2D eigenvalue weighted by Gasteiger charge is 2.33. The molecule has 144 valence electrons. The Kier molecular flexibility index (Phi) is 5.27. The molecule has 1 aromatic rings. The number of hydrogen-bond donors (Lipinski definition) is 1. The number of sulfonamides is 1. The molecule has 0 atom stereocenters. The van der Waals surface area contributed by atoms with Gasteiger partial charge in [-0.15, -0.1) is 0 Å². The van der Waals surface area contributed by atoms with Gasteiger partial charge in [0.25, 0.3) is 0 Å². The van der Waals surface area contributed by atoms with Crippen molar-refractivity contribution in [2.45, 2.75) is 30.0 Å². The van der Waals surface area contributed by atoms with E-state index >= 15 is 0 Å². The third kappa shape index (κ3) is 4.54. The van der Waals surface area contributed by atoms with Gasteiger partial charge in [-0.1, -0.05) is 0 Å². The predicted octanol–water partition coefficient (Wildman–Crippen LogP) is 1.29. The number of rotatable bonds is 5. The zero-order valence-electron chi connectivity index (χ0n) is 14.0. The highest BCUT2D eigenvalue weighted by Crippen LogP contribution is 2.30. The summed E-state index contributed by atoms with van der Waals surface area (Å²) >= 11 is 0. The number of nitrogens with one attached hydrogen (secondary N) is 1. The van der Waals surface area contributed by atoms with E-state index < -0.39 is 21.8 Å². The van der Waals surface area contributed by atoms with Crippen LogP contribution in [0.5, 0.6) is 0 Å². The number of halogens is 3. The van der Waals surface area contributed by atoms with Gasteiger partial charge >= 0.3 is 6.18 Å². The highest BCUT2D eigenvalue weighted by atomic mass is 32.2. The lowest BCUT2D eigenvalue weighted by Crippen LogP contribution is -2.51. The van der Waals surface area contributed by atoms with Crippen LogP contribution in [-0.4, -0.2) is 62.3 Å². The number of alkyl halides is 3. The van der Waals surface area contributed by atoms with E-state index in [2.05, 4.69) is 5.32 Å². The lowest BCUT2D eigenvalue weighted by molar-refractivity contribution is -0.137. The highest BCUT2D eigenvalue weighted by molar-refractivity contribution is 7.89. The van der Waals surface area contributed by atoms with Gasteiger partial charge in [0, 0.05) is 32.2 Å². The van der Waals surface area contributed by atoms with Crippen molar-refractivity contribution in [3.8, 4) is 0 Å². The standard InChI is InChI=1S/C16H20F3N3O3S/c17-16(18,19)12-1-5-14(6-2-12)26(24,25)22-9-7-21(8-10-22)11-15(23)20-13-3-4-13/h1-2,5-6,13H,3-4,7-11H2,(H,20,23). The van der Waals surface area contributed by atoms with Crippen molar-refractivity contribution in [2.24, 2.45) is 0 Å². The van der Waals surface area contributed by atoms with Crippen LogP contribution >= 0.6 is 0 Å².